The molecule has 0 aromatic carbocycles. The predicted molar refractivity (Wildman–Crippen MR) is 43.9 cm³/mol. The van der Waals surface area contributed by atoms with Gasteiger partial charge in [-0.05, 0) is 0 Å². The Bertz CT molecular complexity index is 313. The third kappa shape index (κ3) is 1.22. The van der Waals surface area contributed by atoms with E-state index >= 15 is 0 Å². The van der Waals surface area contributed by atoms with Crippen LogP contribution >= 0.6 is 0 Å². The van der Waals surface area contributed by atoms with Crippen LogP contribution in [0.25, 0.3) is 0 Å². The van der Waals surface area contributed by atoms with Crippen LogP contribution in [0.3, 0.4) is 0 Å². The van der Waals surface area contributed by atoms with Crippen molar-refractivity contribution >= 4 is 23.6 Å². The Morgan fingerprint density at radius 1 is 1.58 bits per heavy atom. The van der Waals surface area contributed by atoms with E-state index in [-0.39, 0.29) is 17.2 Å². The Hall–Kier alpha value is -1.98. The Balaban J connectivity index is 3.22. The van der Waals surface area contributed by atoms with Crippen molar-refractivity contribution in [2.45, 2.75) is 0 Å². The standard InChI is InChI=1S/C6H8N4O2/c7-4-1-2-10(12)6(8)5(4)9-3-11/h1-3H,7-8H2,(H,9,11). The molecule has 6 heteroatoms. The monoisotopic (exact) mass is 168 g/mol. The lowest BCUT2D eigenvalue weighted by Gasteiger charge is -2.09. The molecular formula is C6H8N4O2. The minimum atomic E-state index is -0.123. The van der Waals surface area contributed by atoms with E-state index in [4.69, 9.17) is 11.5 Å². The lowest BCUT2D eigenvalue weighted by Crippen LogP contribution is -2.31. The lowest BCUT2D eigenvalue weighted by molar-refractivity contribution is -0.589. The summed E-state index contributed by atoms with van der Waals surface area (Å²) in [5, 5.41) is 13.1. The van der Waals surface area contributed by atoms with Crippen molar-refractivity contribution < 1.29 is 9.52 Å². The molecule has 0 bridgehead atoms. The van der Waals surface area contributed by atoms with E-state index in [1.165, 1.54) is 12.3 Å². The van der Waals surface area contributed by atoms with Crippen molar-refractivity contribution in [3.05, 3.63) is 17.5 Å². The van der Waals surface area contributed by atoms with Gasteiger partial charge in [-0.3, -0.25) is 10.5 Å². The molecule has 0 fully saturated rings. The Kier molecular flexibility index (Phi) is 2.00. The van der Waals surface area contributed by atoms with Gasteiger partial charge < -0.3 is 16.3 Å². The molecule has 0 saturated carbocycles. The van der Waals surface area contributed by atoms with Crippen LogP contribution in [0.1, 0.15) is 0 Å². The zero-order valence-corrected chi connectivity index (χ0v) is 6.15. The Morgan fingerprint density at radius 3 is 2.83 bits per heavy atom. The summed E-state index contributed by atoms with van der Waals surface area (Å²) in [4.78, 5) is 10.1. The van der Waals surface area contributed by atoms with E-state index in [0.717, 1.165) is 0 Å². The number of nitrogens with two attached hydrogens (primary N) is 2. The largest absolute Gasteiger partial charge is 0.711 e. The first kappa shape index (κ1) is 8.12. The SMILES string of the molecule is Nc1cc[n+]([O-])c(N)c1NC=O. The van der Waals surface area contributed by atoms with Crippen LogP contribution in [-0.2, 0) is 4.79 Å². The number of nitrogens with zero attached hydrogens (tertiary/aromatic N) is 1. The molecule has 0 aliphatic heterocycles. The molecule has 0 atom stereocenters. The van der Waals surface area contributed by atoms with E-state index in [1.54, 1.807) is 0 Å². The molecule has 0 spiro atoms. The molecule has 12 heavy (non-hydrogen) atoms. The quantitative estimate of drug-likeness (QED) is 0.300. The van der Waals surface area contributed by atoms with Crippen LogP contribution in [0.5, 0.6) is 0 Å². The molecule has 0 unspecified atom stereocenters. The number of carbonyl (C=O) groups is 1. The second-order valence-corrected chi connectivity index (χ2v) is 2.12. The number of anilines is 3. The summed E-state index contributed by atoms with van der Waals surface area (Å²) in [5.74, 6) is -0.123. The van der Waals surface area contributed by atoms with Gasteiger partial charge in [0, 0.05) is 6.07 Å². The smallest absolute Gasteiger partial charge is 0.301 e. The third-order valence-electron chi connectivity index (χ3n) is 1.38. The minimum absolute atomic E-state index is 0.123. The molecule has 0 aliphatic carbocycles. The first-order valence-corrected chi connectivity index (χ1v) is 3.14. The highest BCUT2D eigenvalue weighted by molar-refractivity contribution is 5.84. The highest BCUT2D eigenvalue weighted by Gasteiger charge is 2.09. The third-order valence-corrected chi connectivity index (χ3v) is 1.38. The van der Waals surface area contributed by atoms with Gasteiger partial charge in [0.05, 0.1) is 11.9 Å². The fourth-order valence-corrected chi connectivity index (χ4v) is 0.786. The highest BCUT2D eigenvalue weighted by atomic mass is 16.5. The van der Waals surface area contributed by atoms with E-state index in [9.17, 15) is 10.0 Å². The van der Waals surface area contributed by atoms with Gasteiger partial charge in [-0.25, -0.2) is 4.73 Å². The molecule has 0 aliphatic rings. The van der Waals surface area contributed by atoms with E-state index in [2.05, 4.69) is 5.32 Å². The van der Waals surface area contributed by atoms with Gasteiger partial charge in [-0.15, -0.1) is 0 Å². The Morgan fingerprint density at radius 2 is 2.25 bits per heavy atom. The summed E-state index contributed by atoms with van der Waals surface area (Å²) in [6, 6.07) is 1.36. The second kappa shape index (κ2) is 2.95. The maximum atomic E-state index is 10.8. The van der Waals surface area contributed by atoms with E-state index < -0.39 is 0 Å². The molecule has 6 nitrogen and oxygen atoms in total. The molecule has 1 rings (SSSR count). The van der Waals surface area contributed by atoms with Gasteiger partial charge in [-0.2, -0.15) is 0 Å². The number of pyridine rings is 1. The number of hydrogen-bond donors (Lipinski definition) is 3. The Labute approximate surface area is 68.4 Å². The van der Waals surface area contributed by atoms with Gasteiger partial charge in [0.25, 0.3) is 0 Å². The zero-order valence-electron chi connectivity index (χ0n) is 6.15. The first-order valence-electron chi connectivity index (χ1n) is 3.14. The van der Waals surface area contributed by atoms with E-state index in [0.29, 0.717) is 11.1 Å². The van der Waals surface area contributed by atoms with Crippen molar-refractivity contribution in [2.24, 2.45) is 0 Å². The van der Waals surface area contributed by atoms with Crippen LogP contribution < -0.4 is 21.5 Å². The fourth-order valence-electron chi connectivity index (χ4n) is 0.786. The number of rotatable bonds is 2. The topological polar surface area (TPSA) is 108 Å². The van der Waals surface area contributed by atoms with Crippen molar-refractivity contribution in [3.8, 4) is 0 Å². The normalized spacial score (nSPS) is 9.33. The highest BCUT2D eigenvalue weighted by Crippen LogP contribution is 2.20. The molecule has 1 amide bonds. The van der Waals surface area contributed by atoms with Crippen molar-refractivity contribution in [2.75, 3.05) is 16.8 Å². The van der Waals surface area contributed by atoms with Gasteiger partial charge >= 0.3 is 5.82 Å². The summed E-state index contributed by atoms with van der Waals surface area (Å²) in [5.41, 5.74) is 11.1. The van der Waals surface area contributed by atoms with Crippen molar-refractivity contribution in [1.82, 2.24) is 0 Å². The van der Waals surface area contributed by atoms with Crippen LogP contribution in [0.15, 0.2) is 12.3 Å². The lowest BCUT2D eigenvalue weighted by atomic mass is 10.3. The van der Waals surface area contributed by atoms with Crippen LogP contribution in [-0.4, -0.2) is 6.41 Å². The molecular weight excluding hydrogens is 160 g/mol. The summed E-state index contributed by atoms with van der Waals surface area (Å²) < 4.78 is 0.419. The van der Waals surface area contributed by atoms with Crippen LogP contribution in [0, 0.1) is 5.21 Å². The number of hydrogen-bond acceptors (Lipinski definition) is 4. The van der Waals surface area contributed by atoms with Gasteiger partial charge in [0.1, 0.15) is 0 Å². The second-order valence-electron chi connectivity index (χ2n) is 2.12. The van der Waals surface area contributed by atoms with Crippen LogP contribution in [0.4, 0.5) is 17.2 Å². The number of amides is 1. The molecule has 0 radical (unpaired) electrons. The number of nitrogens with one attached hydrogen (secondary N) is 1. The number of nitrogen functional groups attached to an aromatic ring is 2. The molecule has 5 N–H and O–H groups in total. The average Bonchev–Trinajstić information content (AvgIpc) is 2.06. The average molecular weight is 168 g/mol. The van der Waals surface area contributed by atoms with Crippen molar-refractivity contribution in [3.63, 3.8) is 0 Å². The number of aromatic nitrogens is 1. The summed E-state index contributed by atoms with van der Waals surface area (Å²) in [6.45, 7) is 0. The zero-order chi connectivity index (χ0) is 9.14. The molecule has 64 valence electrons. The van der Waals surface area contributed by atoms with Gasteiger partial charge in [-0.1, -0.05) is 0 Å². The van der Waals surface area contributed by atoms with Gasteiger partial charge in [0.2, 0.25) is 6.41 Å². The predicted octanol–water partition coefficient (Wildman–Crippen LogP) is -0.947. The summed E-state index contributed by atoms with van der Waals surface area (Å²) in [6.07, 6.45) is 1.57. The van der Waals surface area contributed by atoms with Crippen molar-refractivity contribution in [1.29, 1.82) is 0 Å². The maximum absolute atomic E-state index is 10.8. The summed E-state index contributed by atoms with van der Waals surface area (Å²) >= 11 is 0. The molecule has 1 aromatic heterocycles. The van der Waals surface area contributed by atoms with Crippen LogP contribution in [0.2, 0.25) is 0 Å². The molecule has 0 saturated heterocycles. The number of carbonyl (C=O) groups excluding carboxylic acids is 1. The first-order chi connectivity index (χ1) is 5.66. The summed E-state index contributed by atoms with van der Waals surface area (Å²) in [7, 11) is 0. The fraction of sp³-hybridized carbons (Fsp3) is 0. The minimum Gasteiger partial charge on any atom is -0.711 e. The van der Waals surface area contributed by atoms with E-state index in [1.807, 2.05) is 0 Å². The van der Waals surface area contributed by atoms with Gasteiger partial charge in [0.15, 0.2) is 5.69 Å². The molecule has 1 heterocycles. The maximum Gasteiger partial charge on any atom is 0.301 e. The molecule has 1 aromatic rings.